The second-order valence-electron chi connectivity index (χ2n) is 16.2. The molecule has 0 bridgehead atoms. The maximum atomic E-state index is 2.56. The summed E-state index contributed by atoms with van der Waals surface area (Å²) < 4.78 is 0. The Labute approximate surface area is 331 Å². The van der Waals surface area contributed by atoms with Crippen molar-refractivity contribution < 1.29 is 0 Å². The third kappa shape index (κ3) is 4.80. The second-order valence-corrected chi connectivity index (χ2v) is 16.2. The Morgan fingerprint density at radius 1 is 0.411 bits per heavy atom. The summed E-state index contributed by atoms with van der Waals surface area (Å²) >= 11 is 0. The molecule has 2 aliphatic carbocycles. The Hall–Kier alpha value is -6.44. The van der Waals surface area contributed by atoms with Gasteiger partial charge in [0.1, 0.15) is 0 Å². The first-order chi connectivity index (χ1) is 27.3. The number of hydrogen-bond donors (Lipinski definition) is 0. The van der Waals surface area contributed by atoms with E-state index in [1.54, 1.807) is 0 Å². The highest BCUT2D eigenvalue weighted by atomic mass is 15.1. The van der Waals surface area contributed by atoms with Crippen molar-refractivity contribution in [2.24, 2.45) is 0 Å². The SMILES string of the molecule is Cc1cc2c(c(C)c1C)C(c1ccccc1)(c1ccccc1)c1cccc(N(c3ccc4c(c3)C(C)(C)c3ccccc3-4)c3ccccc3-c3ccccc3)c1-2. The Morgan fingerprint density at radius 2 is 0.964 bits per heavy atom. The van der Waals surface area contributed by atoms with Crippen molar-refractivity contribution >= 4 is 17.1 Å². The maximum absolute atomic E-state index is 2.56. The van der Waals surface area contributed by atoms with Crippen molar-refractivity contribution in [2.45, 2.75) is 45.4 Å². The van der Waals surface area contributed by atoms with Crippen molar-refractivity contribution in [3.63, 3.8) is 0 Å². The predicted octanol–water partition coefficient (Wildman–Crippen LogP) is 14.4. The number of aryl methyl sites for hydroxylation is 1. The molecule has 270 valence electrons. The summed E-state index contributed by atoms with van der Waals surface area (Å²) in [6.07, 6.45) is 0. The fraction of sp³-hybridized carbons (Fsp3) is 0.127. The zero-order valence-corrected chi connectivity index (χ0v) is 32.8. The lowest BCUT2D eigenvalue weighted by Gasteiger charge is -2.36. The first-order valence-electron chi connectivity index (χ1n) is 19.9. The van der Waals surface area contributed by atoms with E-state index in [-0.39, 0.29) is 5.41 Å². The van der Waals surface area contributed by atoms with E-state index >= 15 is 0 Å². The second kappa shape index (κ2) is 12.8. The molecule has 0 aliphatic heterocycles. The monoisotopic (exact) mass is 719 g/mol. The topological polar surface area (TPSA) is 3.24 Å². The van der Waals surface area contributed by atoms with Crippen LogP contribution < -0.4 is 4.90 Å². The van der Waals surface area contributed by atoms with Crippen LogP contribution in [0, 0.1) is 20.8 Å². The van der Waals surface area contributed by atoms with Crippen LogP contribution in [-0.4, -0.2) is 0 Å². The fourth-order valence-corrected chi connectivity index (χ4v) is 10.1. The molecule has 0 saturated carbocycles. The van der Waals surface area contributed by atoms with E-state index in [2.05, 4.69) is 222 Å². The van der Waals surface area contributed by atoms with E-state index in [1.165, 1.54) is 89.1 Å². The summed E-state index contributed by atoms with van der Waals surface area (Å²) in [5.74, 6) is 0. The Kier molecular flexibility index (Phi) is 7.80. The average Bonchev–Trinajstić information content (AvgIpc) is 3.67. The highest BCUT2D eigenvalue weighted by Crippen LogP contribution is 2.61. The van der Waals surface area contributed by atoms with Crippen LogP contribution in [0.3, 0.4) is 0 Å². The van der Waals surface area contributed by atoms with Crippen molar-refractivity contribution in [1.82, 2.24) is 0 Å². The standard InChI is InChI=1S/C55H45N/c1-36-34-46-52-48(55(40-22-11-7-12-23-40,41-24-13-8-14-25-41)53(46)38(3)37(36)2)29-19-31-51(52)56(50-30-18-16-26-43(50)39-20-9-6-10-21-39)42-32-33-45-44-27-15-17-28-47(44)54(4,5)49(45)35-42/h6-35H,1-5H3. The Morgan fingerprint density at radius 3 is 1.66 bits per heavy atom. The molecule has 8 aromatic rings. The Bertz CT molecular complexity index is 2750. The normalized spacial score (nSPS) is 14.1. The lowest BCUT2D eigenvalue weighted by Crippen LogP contribution is -2.29. The summed E-state index contributed by atoms with van der Waals surface area (Å²) in [6, 6.07) is 67.8. The third-order valence-corrected chi connectivity index (χ3v) is 13.0. The molecule has 0 heterocycles. The summed E-state index contributed by atoms with van der Waals surface area (Å²) in [4.78, 5) is 2.56. The molecule has 0 spiro atoms. The molecule has 0 N–H and O–H groups in total. The maximum Gasteiger partial charge on any atom is 0.0717 e. The molecule has 1 heteroatoms. The minimum atomic E-state index is -0.516. The molecule has 56 heavy (non-hydrogen) atoms. The van der Waals surface area contributed by atoms with Gasteiger partial charge in [-0.05, 0) is 117 Å². The molecular formula is C55H45N. The summed E-state index contributed by atoms with van der Waals surface area (Å²) in [6.45, 7) is 11.7. The smallest absolute Gasteiger partial charge is 0.0717 e. The number of nitrogens with zero attached hydrogens (tertiary/aromatic N) is 1. The van der Waals surface area contributed by atoms with Crippen molar-refractivity contribution in [3.8, 4) is 33.4 Å². The highest BCUT2D eigenvalue weighted by molar-refractivity contribution is 6.00. The molecule has 1 nitrogen and oxygen atoms in total. The van der Waals surface area contributed by atoms with E-state index in [4.69, 9.17) is 0 Å². The van der Waals surface area contributed by atoms with Crippen molar-refractivity contribution in [1.29, 1.82) is 0 Å². The molecule has 2 aliphatic rings. The molecule has 10 rings (SSSR count). The number of benzene rings is 8. The summed E-state index contributed by atoms with van der Waals surface area (Å²) in [5, 5.41) is 0. The van der Waals surface area contributed by atoms with E-state index in [0.717, 1.165) is 11.4 Å². The number of anilines is 3. The minimum Gasteiger partial charge on any atom is -0.309 e. The van der Waals surface area contributed by atoms with Gasteiger partial charge in [-0.25, -0.2) is 0 Å². The first-order valence-corrected chi connectivity index (χ1v) is 19.9. The van der Waals surface area contributed by atoms with Gasteiger partial charge >= 0.3 is 0 Å². The molecule has 0 radical (unpaired) electrons. The zero-order valence-electron chi connectivity index (χ0n) is 32.8. The van der Waals surface area contributed by atoms with Gasteiger partial charge < -0.3 is 4.90 Å². The molecule has 8 aromatic carbocycles. The zero-order chi connectivity index (χ0) is 38.2. The minimum absolute atomic E-state index is 0.140. The number of para-hydroxylation sites is 1. The molecule has 0 unspecified atom stereocenters. The fourth-order valence-electron chi connectivity index (χ4n) is 10.1. The predicted molar refractivity (Wildman–Crippen MR) is 236 cm³/mol. The largest absolute Gasteiger partial charge is 0.309 e. The molecule has 0 aromatic heterocycles. The van der Waals surface area contributed by atoms with Crippen LogP contribution >= 0.6 is 0 Å². The van der Waals surface area contributed by atoms with Crippen LogP contribution in [-0.2, 0) is 10.8 Å². The number of fused-ring (bicyclic) bond motifs is 6. The van der Waals surface area contributed by atoms with Gasteiger partial charge in [0.05, 0.1) is 16.8 Å². The van der Waals surface area contributed by atoms with Gasteiger partial charge in [0, 0.05) is 22.2 Å². The van der Waals surface area contributed by atoms with Crippen molar-refractivity contribution in [3.05, 3.63) is 232 Å². The lowest BCUT2D eigenvalue weighted by molar-refractivity contribution is 0.660. The van der Waals surface area contributed by atoms with E-state index < -0.39 is 5.41 Å². The van der Waals surface area contributed by atoms with E-state index in [1.807, 2.05) is 0 Å². The van der Waals surface area contributed by atoms with Crippen LogP contribution in [0.1, 0.15) is 63.9 Å². The number of hydrogen-bond acceptors (Lipinski definition) is 1. The molecule has 0 atom stereocenters. The average molecular weight is 720 g/mol. The van der Waals surface area contributed by atoms with Crippen LogP contribution in [0.5, 0.6) is 0 Å². The lowest BCUT2D eigenvalue weighted by atomic mass is 9.66. The van der Waals surface area contributed by atoms with Gasteiger partial charge in [0.15, 0.2) is 0 Å². The summed E-state index contributed by atoms with van der Waals surface area (Å²) in [5.41, 5.74) is 22.5. The van der Waals surface area contributed by atoms with Crippen LogP contribution in [0.4, 0.5) is 17.1 Å². The quantitative estimate of drug-likeness (QED) is 0.165. The van der Waals surface area contributed by atoms with Gasteiger partial charge in [0.25, 0.3) is 0 Å². The van der Waals surface area contributed by atoms with Crippen LogP contribution in [0.2, 0.25) is 0 Å². The van der Waals surface area contributed by atoms with Crippen molar-refractivity contribution in [2.75, 3.05) is 4.90 Å². The van der Waals surface area contributed by atoms with E-state index in [9.17, 15) is 0 Å². The van der Waals surface area contributed by atoms with Gasteiger partial charge in [-0.2, -0.15) is 0 Å². The van der Waals surface area contributed by atoms with Gasteiger partial charge in [-0.1, -0.05) is 172 Å². The van der Waals surface area contributed by atoms with Crippen LogP contribution in [0.25, 0.3) is 33.4 Å². The molecular weight excluding hydrogens is 675 g/mol. The number of rotatable bonds is 6. The first kappa shape index (κ1) is 34.1. The molecule has 0 saturated heterocycles. The third-order valence-electron chi connectivity index (χ3n) is 13.0. The molecule has 0 fully saturated rings. The van der Waals surface area contributed by atoms with Gasteiger partial charge in [-0.3, -0.25) is 0 Å². The van der Waals surface area contributed by atoms with E-state index in [0.29, 0.717) is 0 Å². The van der Waals surface area contributed by atoms with Gasteiger partial charge in [-0.15, -0.1) is 0 Å². The Balaban J connectivity index is 1.33. The van der Waals surface area contributed by atoms with Gasteiger partial charge in [0.2, 0.25) is 0 Å². The highest BCUT2D eigenvalue weighted by Gasteiger charge is 2.49. The molecule has 0 amide bonds. The summed E-state index contributed by atoms with van der Waals surface area (Å²) in [7, 11) is 0. The van der Waals surface area contributed by atoms with Crippen LogP contribution in [0.15, 0.2) is 182 Å².